The zero-order valence-corrected chi connectivity index (χ0v) is 18.4. The summed E-state index contributed by atoms with van der Waals surface area (Å²) >= 11 is 12.1. The number of hydrogen-bond donors (Lipinski definition) is 1. The van der Waals surface area contributed by atoms with Crippen LogP contribution in [0.15, 0.2) is 65.8 Å². The standard InChI is InChI=1S/C23H19Cl2F3N2O2/c1-2-31-22-11-15(13-29-30-19-8-5-17(6-9-19)23(26,27)28)3-10-21(22)32-14-16-4-7-18(24)12-20(16)25/h3-13,30H,2,14H2,1H3. The number of halogens is 5. The lowest BCUT2D eigenvalue weighted by Crippen LogP contribution is -2.04. The van der Waals surface area contributed by atoms with E-state index in [1.165, 1.54) is 18.3 Å². The first-order valence-electron chi connectivity index (χ1n) is 9.56. The second-order valence-corrected chi connectivity index (χ2v) is 7.45. The van der Waals surface area contributed by atoms with Crippen molar-refractivity contribution in [2.45, 2.75) is 19.7 Å². The third-order valence-corrected chi connectivity index (χ3v) is 4.87. The predicted octanol–water partition coefficient (Wildman–Crippen LogP) is 7.44. The van der Waals surface area contributed by atoms with Crippen molar-refractivity contribution in [1.29, 1.82) is 0 Å². The maximum atomic E-state index is 12.6. The first-order chi connectivity index (χ1) is 15.3. The highest BCUT2D eigenvalue weighted by molar-refractivity contribution is 6.35. The number of rotatable bonds is 8. The zero-order chi connectivity index (χ0) is 23.1. The van der Waals surface area contributed by atoms with Crippen molar-refractivity contribution in [2.75, 3.05) is 12.0 Å². The van der Waals surface area contributed by atoms with Gasteiger partial charge in [0.2, 0.25) is 0 Å². The molecule has 0 unspecified atom stereocenters. The molecule has 0 aliphatic carbocycles. The molecule has 0 bridgehead atoms. The second kappa shape index (κ2) is 10.6. The van der Waals surface area contributed by atoms with Gasteiger partial charge < -0.3 is 9.47 Å². The molecule has 0 heterocycles. The lowest BCUT2D eigenvalue weighted by Gasteiger charge is -2.13. The Labute approximate surface area is 193 Å². The number of nitrogens with zero attached hydrogens (tertiary/aromatic N) is 1. The summed E-state index contributed by atoms with van der Waals surface area (Å²) in [6.07, 6.45) is -2.85. The highest BCUT2D eigenvalue weighted by Crippen LogP contribution is 2.31. The summed E-state index contributed by atoms with van der Waals surface area (Å²) in [7, 11) is 0. The van der Waals surface area contributed by atoms with E-state index in [0.717, 1.165) is 17.7 Å². The van der Waals surface area contributed by atoms with Crippen LogP contribution < -0.4 is 14.9 Å². The highest BCUT2D eigenvalue weighted by atomic mass is 35.5. The van der Waals surface area contributed by atoms with Crippen LogP contribution in [0, 0.1) is 0 Å². The average Bonchev–Trinajstić information content (AvgIpc) is 2.74. The lowest BCUT2D eigenvalue weighted by molar-refractivity contribution is -0.137. The van der Waals surface area contributed by atoms with Crippen LogP contribution in [0.2, 0.25) is 10.0 Å². The fourth-order valence-corrected chi connectivity index (χ4v) is 3.16. The van der Waals surface area contributed by atoms with E-state index < -0.39 is 11.7 Å². The van der Waals surface area contributed by atoms with Gasteiger partial charge in [-0.3, -0.25) is 5.43 Å². The highest BCUT2D eigenvalue weighted by Gasteiger charge is 2.29. The zero-order valence-electron chi connectivity index (χ0n) is 16.9. The molecule has 4 nitrogen and oxygen atoms in total. The number of alkyl halides is 3. The van der Waals surface area contributed by atoms with E-state index in [0.29, 0.717) is 39.4 Å². The van der Waals surface area contributed by atoms with Crippen LogP contribution in [0.4, 0.5) is 18.9 Å². The molecule has 1 N–H and O–H groups in total. The number of hydrazone groups is 1. The van der Waals surface area contributed by atoms with Gasteiger partial charge in [0, 0.05) is 15.6 Å². The molecule has 3 aromatic rings. The lowest BCUT2D eigenvalue weighted by atomic mass is 10.2. The molecular formula is C23H19Cl2F3N2O2. The topological polar surface area (TPSA) is 42.8 Å². The van der Waals surface area contributed by atoms with E-state index in [2.05, 4.69) is 10.5 Å². The van der Waals surface area contributed by atoms with Gasteiger partial charge in [-0.1, -0.05) is 29.3 Å². The fourth-order valence-electron chi connectivity index (χ4n) is 2.70. The van der Waals surface area contributed by atoms with Gasteiger partial charge in [-0.15, -0.1) is 0 Å². The van der Waals surface area contributed by atoms with E-state index >= 15 is 0 Å². The third-order valence-electron chi connectivity index (χ3n) is 4.29. The van der Waals surface area contributed by atoms with Crippen LogP contribution in [0.25, 0.3) is 0 Å². The van der Waals surface area contributed by atoms with Gasteiger partial charge in [0.15, 0.2) is 11.5 Å². The Morgan fingerprint density at radius 2 is 1.69 bits per heavy atom. The van der Waals surface area contributed by atoms with Crippen molar-refractivity contribution in [3.05, 3.63) is 87.4 Å². The van der Waals surface area contributed by atoms with Crippen LogP contribution >= 0.6 is 23.2 Å². The molecule has 0 saturated carbocycles. The molecular weight excluding hydrogens is 464 g/mol. The molecule has 3 rings (SSSR count). The maximum absolute atomic E-state index is 12.6. The molecule has 0 aliphatic rings. The molecule has 0 radical (unpaired) electrons. The number of nitrogens with one attached hydrogen (secondary N) is 1. The van der Waals surface area contributed by atoms with E-state index in [4.69, 9.17) is 32.7 Å². The van der Waals surface area contributed by atoms with Crippen molar-refractivity contribution < 1.29 is 22.6 Å². The fraction of sp³-hybridized carbons (Fsp3) is 0.174. The SMILES string of the molecule is CCOc1cc(C=NNc2ccc(C(F)(F)F)cc2)ccc1OCc1ccc(Cl)cc1Cl. The Balaban J connectivity index is 1.66. The molecule has 32 heavy (non-hydrogen) atoms. The molecule has 0 amide bonds. The van der Waals surface area contributed by atoms with E-state index in [1.54, 1.807) is 36.4 Å². The quantitative estimate of drug-likeness (QED) is 0.268. The molecule has 0 saturated heterocycles. The Morgan fingerprint density at radius 1 is 0.938 bits per heavy atom. The van der Waals surface area contributed by atoms with E-state index in [-0.39, 0.29) is 6.61 Å². The van der Waals surface area contributed by atoms with Crippen molar-refractivity contribution in [3.8, 4) is 11.5 Å². The van der Waals surface area contributed by atoms with E-state index in [9.17, 15) is 13.2 Å². The Morgan fingerprint density at radius 3 is 2.34 bits per heavy atom. The van der Waals surface area contributed by atoms with Gasteiger partial charge in [-0.2, -0.15) is 18.3 Å². The summed E-state index contributed by atoms with van der Waals surface area (Å²) < 4.78 is 49.4. The number of benzene rings is 3. The van der Waals surface area contributed by atoms with Crippen molar-refractivity contribution >= 4 is 35.1 Å². The van der Waals surface area contributed by atoms with Crippen LogP contribution in [0.5, 0.6) is 11.5 Å². The molecule has 168 valence electrons. The van der Waals surface area contributed by atoms with Crippen molar-refractivity contribution in [1.82, 2.24) is 0 Å². The monoisotopic (exact) mass is 482 g/mol. The van der Waals surface area contributed by atoms with Gasteiger partial charge in [0.05, 0.1) is 24.1 Å². The van der Waals surface area contributed by atoms with Crippen LogP contribution in [-0.2, 0) is 12.8 Å². The van der Waals surface area contributed by atoms with Crippen LogP contribution in [-0.4, -0.2) is 12.8 Å². The van der Waals surface area contributed by atoms with Gasteiger partial charge in [-0.25, -0.2) is 0 Å². The van der Waals surface area contributed by atoms with Gasteiger partial charge in [0.25, 0.3) is 0 Å². The van der Waals surface area contributed by atoms with E-state index in [1.807, 2.05) is 6.92 Å². The third kappa shape index (κ3) is 6.55. The minimum Gasteiger partial charge on any atom is -0.490 e. The molecule has 0 aromatic heterocycles. The first-order valence-corrected chi connectivity index (χ1v) is 10.3. The van der Waals surface area contributed by atoms with Gasteiger partial charge in [-0.05, 0) is 67.1 Å². The summed E-state index contributed by atoms with van der Waals surface area (Å²) in [6.45, 7) is 2.52. The summed E-state index contributed by atoms with van der Waals surface area (Å²) in [5.41, 5.74) is 3.91. The largest absolute Gasteiger partial charge is 0.490 e. The minimum absolute atomic E-state index is 0.235. The Kier molecular flexibility index (Phi) is 7.88. The van der Waals surface area contributed by atoms with Crippen LogP contribution in [0.3, 0.4) is 0 Å². The number of anilines is 1. The molecule has 0 spiro atoms. The average molecular weight is 483 g/mol. The van der Waals surface area contributed by atoms with Crippen molar-refractivity contribution in [3.63, 3.8) is 0 Å². The second-order valence-electron chi connectivity index (χ2n) is 6.61. The Hall–Kier alpha value is -2.90. The predicted molar refractivity (Wildman–Crippen MR) is 121 cm³/mol. The van der Waals surface area contributed by atoms with Gasteiger partial charge in [0.1, 0.15) is 6.61 Å². The van der Waals surface area contributed by atoms with Crippen LogP contribution in [0.1, 0.15) is 23.6 Å². The minimum atomic E-state index is -4.37. The Bertz CT molecular complexity index is 1090. The summed E-state index contributed by atoms with van der Waals surface area (Å²) in [5.74, 6) is 1.06. The molecule has 0 fully saturated rings. The normalized spacial score (nSPS) is 11.6. The smallest absolute Gasteiger partial charge is 0.416 e. The maximum Gasteiger partial charge on any atom is 0.416 e. The summed E-state index contributed by atoms with van der Waals surface area (Å²) in [5, 5.41) is 5.12. The first kappa shape index (κ1) is 23.8. The molecule has 3 aromatic carbocycles. The van der Waals surface area contributed by atoms with Gasteiger partial charge >= 0.3 is 6.18 Å². The number of hydrogen-bond acceptors (Lipinski definition) is 4. The molecule has 0 atom stereocenters. The summed E-state index contributed by atoms with van der Waals surface area (Å²) in [4.78, 5) is 0. The van der Waals surface area contributed by atoms with Crippen molar-refractivity contribution in [2.24, 2.45) is 5.10 Å². The summed E-state index contributed by atoms with van der Waals surface area (Å²) in [6, 6.07) is 15.0. The molecule has 9 heteroatoms. The molecule has 0 aliphatic heterocycles. The number of ether oxygens (including phenoxy) is 2.